The highest BCUT2D eigenvalue weighted by Crippen LogP contribution is 2.40. The van der Waals surface area contributed by atoms with E-state index in [2.05, 4.69) is 0 Å². The fourth-order valence-corrected chi connectivity index (χ4v) is 3.49. The van der Waals surface area contributed by atoms with Crippen molar-refractivity contribution in [3.8, 4) is 17.2 Å². The summed E-state index contributed by atoms with van der Waals surface area (Å²) in [6.45, 7) is 3.25. The van der Waals surface area contributed by atoms with Gasteiger partial charge in [-0.25, -0.2) is 0 Å². The van der Waals surface area contributed by atoms with Gasteiger partial charge in [0, 0.05) is 35.3 Å². The third-order valence-electron chi connectivity index (χ3n) is 4.98. The van der Waals surface area contributed by atoms with Gasteiger partial charge in [0.25, 0.3) is 0 Å². The highest BCUT2D eigenvalue weighted by Gasteiger charge is 2.30. The number of ketones is 2. The van der Waals surface area contributed by atoms with Crippen LogP contribution in [0.3, 0.4) is 0 Å². The monoisotopic (exact) mass is 391 g/mol. The predicted octanol–water partition coefficient (Wildman–Crippen LogP) is 4.08. The Balaban J connectivity index is 1.72. The molecule has 0 aliphatic carbocycles. The van der Waals surface area contributed by atoms with Crippen LogP contribution in [0.2, 0.25) is 0 Å². The Kier molecular flexibility index (Phi) is 4.62. The van der Waals surface area contributed by atoms with E-state index in [9.17, 15) is 9.59 Å². The van der Waals surface area contributed by atoms with Crippen molar-refractivity contribution in [3.63, 3.8) is 0 Å². The molecule has 0 radical (unpaired) electrons. The summed E-state index contributed by atoms with van der Waals surface area (Å²) in [6.07, 6.45) is 3.70. The van der Waals surface area contributed by atoms with Crippen molar-refractivity contribution in [3.05, 3.63) is 59.0 Å². The minimum Gasteiger partial charge on any atom is -0.497 e. The van der Waals surface area contributed by atoms with Crippen LogP contribution in [0.4, 0.5) is 0 Å². The predicted molar refractivity (Wildman–Crippen MR) is 110 cm³/mol. The van der Waals surface area contributed by atoms with Crippen molar-refractivity contribution in [2.45, 2.75) is 13.8 Å². The van der Waals surface area contributed by atoms with E-state index < -0.39 is 0 Å². The Hall–Kier alpha value is -3.54. The van der Waals surface area contributed by atoms with Crippen LogP contribution in [-0.4, -0.2) is 29.9 Å². The Bertz CT molecular complexity index is 1190. The quantitative estimate of drug-likeness (QED) is 0.613. The average molecular weight is 391 g/mol. The number of fused-ring (bicyclic) bond motifs is 2. The molecular weight excluding hydrogens is 370 g/mol. The van der Waals surface area contributed by atoms with Gasteiger partial charge in [0.1, 0.15) is 23.9 Å². The van der Waals surface area contributed by atoms with Gasteiger partial charge < -0.3 is 18.8 Å². The molecule has 1 aliphatic rings. The van der Waals surface area contributed by atoms with Crippen LogP contribution < -0.4 is 14.2 Å². The van der Waals surface area contributed by atoms with Crippen LogP contribution in [-0.2, 0) is 11.8 Å². The van der Waals surface area contributed by atoms with Crippen LogP contribution in [0, 0.1) is 6.92 Å². The number of nitrogens with zero attached hydrogens (tertiary/aromatic N) is 1. The van der Waals surface area contributed by atoms with Gasteiger partial charge in [-0.3, -0.25) is 9.59 Å². The molecule has 0 saturated heterocycles. The fraction of sp³-hybridized carbons (Fsp3) is 0.217. The van der Waals surface area contributed by atoms with E-state index in [4.69, 9.17) is 14.2 Å². The lowest BCUT2D eigenvalue weighted by Crippen LogP contribution is -2.07. The van der Waals surface area contributed by atoms with Crippen LogP contribution in [0.5, 0.6) is 17.2 Å². The van der Waals surface area contributed by atoms with Gasteiger partial charge >= 0.3 is 0 Å². The van der Waals surface area contributed by atoms with Crippen LogP contribution in [0.25, 0.3) is 17.0 Å². The molecule has 1 aromatic heterocycles. The minimum atomic E-state index is -0.180. The second-order valence-corrected chi connectivity index (χ2v) is 7.07. The Morgan fingerprint density at radius 3 is 2.76 bits per heavy atom. The smallest absolute Gasteiger partial charge is 0.231 e. The lowest BCUT2D eigenvalue weighted by Gasteiger charge is -2.10. The van der Waals surface area contributed by atoms with Gasteiger partial charge in [0.15, 0.2) is 11.5 Å². The number of methoxy groups -OCH3 is 1. The molecule has 0 spiro atoms. The second-order valence-electron chi connectivity index (χ2n) is 7.07. The number of carbonyl (C=O) groups is 2. The number of carbonyl (C=O) groups excluding carboxylic acids is 2. The lowest BCUT2D eigenvalue weighted by atomic mass is 10.1. The standard InChI is InChI=1S/C23H21NO5/c1-13(25)12-28-20-8-6-17-22(26)21(29-23(17)14(20)2)9-15-11-24(3)19-7-5-16(27-4)10-18(15)19/h5-11H,12H2,1-4H3. The summed E-state index contributed by atoms with van der Waals surface area (Å²) in [5, 5.41) is 0.967. The Morgan fingerprint density at radius 1 is 1.24 bits per heavy atom. The molecule has 4 rings (SSSR count). The lowest BCUT2D eigenvalue weighted by molar-refractivity contribution is -0.118. The first-order chi connectivity index (χ1) is 13.9. The molecule has 148 valence electrons. The number of benzene rings is 2. The summed E-state index contributed by atoms with van der Waals surface area (Å²) in [7, 11) is 3.57. The Labute approximate surface area is 168 Å². The second kappa shape index (κ2) is 7.13. The number of hydrogen-bond acceptors (Lipinski definition) is 5. The number of allylic oxidation sites excluding steroid dienone is 1. The summed E-state index contributed by atoms with van der Waals surface area (Å²) < 4.78 is 18.8. The molecule has 0 saturated carbocycles. The van der Waals surface area contributed by atoms with Gasteiger partial charge in [0.05, 0.1) is 12.7 Å². The molecular formula is C23H21NO5. The van der Waals surface area contributed by atoms with Crippen LogP contribution in [0.15, 0.2) is 42.3 Å². The van der Waals surface area contributed by atoms with Crippen molar-refractivity contribution < 1.29 is 23.8 Å². The van der Waals surface area contributed by atoms with Crippen molar-refractivity contribution in [1.82, 2.24) is 4.57 Å². The fourth-order valence-electron chi connectivity index (χ4n) is 3.49. The number of aromatic nitrogens is 1. The summed E-state index contributed by atoms with van der Waals surface area (Å²) in [5.41, 5.74) is 3.07. The topological polar surface area (TPSA) is 66.8 Å². The molecule has 6 heteroatoms. The third kappa shape index (κ3) is 3.27. The first-order valence-corrected chi connectivity index (χ1v) is 9.22. The molecule has 0 atom stereocenters. The summed E-state index contributed by atoms with van der Waals surface area (Å²) >= 11 is 0. The van der Waals surface area contributed by atoms with Crippen molar-refractivity contribution in [2.75, 3.05) is 13.7 Å². The SMILES string of the molecule is COc1ccc2c(c1)c(C=C1Oc3c(ccc(OCC(C)=O)c3C)C1=O)cn2C. The number of Topliss-reactive ketones (excluding diaryl/α,β-unsaturated/α-hetero) is 2. The van der Waals surface area contributed by atoms with Gasteiger partial charge in [-0.2, -0.15) is 0 Å². The first-order valence-electron chi connectivity index (χ1n) is 9.22. The number of aryl methyl sites for hydroxylation is 1. The van der Waals surface area contributed by atoms with Crippen LogP contribution in [0.1, 0.15) is 28.4 Å². The molecule has 6 nitrogen and oxygen atoms in total. The molecule has 2 aromatic carbocycles. The maximum absolute atomic E-state index is 12.9. The number of hydrogen-bond donors (Lipinski definition) is 0. The molecule has 0 fully saturated rings. The highest BCUT2D eigenvalue weighted by atomic mass is 16.5. The Morgan fingerprint density at radius 2 is 2.03 bits per heavy atom. The maximum atomic E-state index is 12.9. The number of rotatable bonds is 5. The zero-order valence-electron chi connectivity index (χ0n) is 16.7. The summed E-state index contributed by atoms with van der Waals surface area (Å²) in [5.74, 6) is 1.74. The van der Waals surface area contributed by atoms with Crippen LogP contribution >= 0.6 is 0 Å². The van der Waals surface area contributed by atoms with Crippen molar-refractivity contribution in [1.29, 1.82) is 0 Å². The van der Waals surface area contributed by atoms with E-state index in [0.717, 1.165) is 22.2 Å². The van der Waals surface area contributed by atoms with E-state index in [1.54, 1.807) is 25.3 Å². The summed E-state index contributed by atoms with van der Waals surface area (Å²) in [4.78, 5) is 24.1. The van der Waals surface area contributed by atoms with E-state index in [1.807, 2.05) is 42.9 Å². The largest absolute Gasteiger partial charge is 0.497 e. The third-order valence-corrected chi connectivity index (χ3v) is 4.98. The molecule has 3 aromatic rings. The highest BCUT2D eigenvalue weighted by molar-refractivity contribution is 6.15. The summed E-state index contributed by atoms with van der Waals surface area (Å²) in [6, 6.07) is 9.19. The molecule has 0 N–H and O–H groups in total. The van der Waals surface area contributed by atoms with Gasteiger partial charge in [0.2, 0.25) is 5.78 Å². The van der Waals surface area contributed by atoms with Crippen molar-refractivity contribution in [2.24, 2.45) is 7.05 Å². The van der Waals surface area contributed by atoms with Gasteiger partial charge in [-0.15, -0.1) is 0 Å². The van der Waals surface area contributed by atoms with Gasteiger partial charge in [-0.1, -0.05) is 0 Å². The van der Waals surface area contributed by atoms with Gasteiger partial charge in [-0.05, 0) is 50.3 Å². The molecule has 0 bridgehead atoms. The first kappa shape index (κ1) is 18.8. The molecule has 0 unspecified atom stereocenters. The van der Waals surface area contributed by atoms with E-state index in [1.165, 1.54) is 6.92 Å². The van der Waals surface area contributed by atoms with E-state index in [0.29, 0.717) is 22.6 Å². The zero-order valence-corrected chi connectivity index (χ0v) is 16.7. The average Bonchev–Trinajstić information content (AvgIpc) is 3.19. The molecule has 29 heavy (non-hydrogen) atoms. The zero-order chi connectivity index (χ0) is 20.7. The minimum absolute atomic E-state index is 0.0197. The van der Waals surface area contributed by atoms with E-state index >= 15 is 0 Å². The molecule has 2 heterocycles. The van der Waals surface area contributed by atoms with Crippen molar-refractivity contribution >= 4 is 28.5 Å². The normalized spacial score (nSPS) is 14.2. The maximum Gasteiger partial charge on any atom is 0.231 e. The number of ether oxygens (including phenoxy) is 3. The molecule has 1 aliphatic heterocycles. The molecule has 0 amide bonds. The van der Waals surface area contributed by atoms with E-state index in [-0.39, 0.29) is 23.9 Å².